The minimum Gasteiger partial charge on any atom is -0.481 e. The predicted octanol–water partition coefficient (Wildman–Crippen LogP) is 3.52. The minimum absolute atomic E-state index is 0.0134. The first-order chi connectivity index (χ1) is 12.1. The molecule has 1 aromatic carbocycles. The van der Waals surface area contributed by atoms with Crippen LogP contribution in [0, 0.1) is 5.41 Å². The summed E-state index contributed by atoms with van der Waals surface area (Å²) in [5, 5.41) is 10.7. The van der Waals surface area contributed by atoms with E-state index in [1.807, 2.05) is 11.0 Å². The van der Waals surface area contributed by atoms with Gasteiger partial charge in [0.1, 0.15) is 0 Å². The Morgan fingerprint density at radius 1 is 1.20 bits per heavy atom. The van der Waals surface area contributed by atoms with Gasteiger partial charge in [0.2, 0.25) is 5.91 Å². The maximum absolute atomic E-state index is 12.6. The number of hydrogen-bond acceptors (Lipinski definition) is 2. The number of carbonyl (C=O) groups is 2. The van der Waals surface area contributed by atoms with Gasteiger partial charge in [0.25, 0.3) is 0 Å². The van der Waals surface area contributed by atoms with Crippen molar-refractivity contribution in [3.63, 3.8) is 0 Å². The molecule has 0 spiro atoms. The Morgan fingerprint density at radius 2 is 1.92 bits per heavy atom. The smallest absolute Gasteiger partial charge is 0.310 e. The third kappa shape index (κ3) is 2.81. The lowest BCUT2D eigenvalue weighted by Crippen LogP contribution is -2.45. The van der Waals surface area contributed by atoms with E-state index in [4.69, 9.17) is 0 Å². The van der Waals surface area contributed by atoms with E-state index in [1.54, 1.807) is 0 Å². The number of benzene rings is 1. The van der Waals surface area contributed by atoms with Crippen LogP contribution in [-0.2, 0) is 9.59 Å². The second-order valence-corrected chi connectivity index (χ2v) is 7.56. The number of hydrogen-bond donors (Lipinski definition) is 2. The molecule has 0 bridgehead atoms. The zero-order valence-corrected chi connectivity index (χ0v) is 14.3. The topological polar surface area (TPSA) is 73.4 Å². The summed E-state index contributed by atoms with van der Waals surface area (Å²) in [6.07, 6.45) is 6.34. The van der Waals surface area contributed by atoms with Crippen molar-refractivity contribution < 1.29 is 14.7 Å². The van der Waals surface area contributed by atoms with Gasteiger partial charge in [0.15, 0.2) is 0 Å². The summed E-state index contributed by atoms with van der Waals surface area (Å²) in [6, 6.07) is 8.32. The number of aromatic amines is 1. The molecule has 1 aliphatic heterocycles. The summed E-state index contributed by atoms with van der Waals surface area (Å²) in [4.78, 5) is 29.3. The van der Waals surface area contributed by atoms with Crippen molar-refractivity contribution in [3.05, 3.63) is 36.0 Å². The van der Waals surface area contributed by atoms with E-state index in [2.05, 4.69) is 29.4 Å². The van der Waals surface area contributed by atoms with Gasteiger partial charge in [-0.05, 0) is 43.2 Å². The highest BCUT2D eigenvalue weighted by Gasteiger charge is 2.46. The standard InChI is InChI=1S/C20H24N2O3/c23-18(12-20(19(24)25)8-3-9-20)22-10-6-14(7-11-22)16-13-21-17-5-2-1-4-15(16)17/h1-2,4-5,13-14,21H,3,6-12H2,(H,24,25). The molecule has 0 radical (unpaired) electrons. The Kier molecular flexibility index (Phi) is 4.02. The zero-order chi connectivity index (χ0) is 17.4. The normalized spacial score (nSPS) is 20.4. The Morgan fingerprint density at radius 3 is 2.56 bits per heavy atom. The highest BCUT2D eigenvalue weighted by atomic mass is 16.4. The second-order valence-electron chi connectivity index (χ2n) is 7.56. The van der Waals surface area contributed by atoms with Gasteiger partial charge in [-0.2, -0.15) is 0 Å². The summed E-state index contributed by atoms with van der Waals surface area (Å²) in [6.45, 7) is 1.44. The summed E-state index contributed by atoms with van der Waals surface area (Å²) in [5.74, 6) is -0.336. The van der Waals surface area contributed by atoms with E-state index < -0.39 is 11.4 Å². The van der Waals surface area contributed by atoms with Crippen LogP contribution in [0.25, 0.3) is 10.9 Å². The molecule has 1 aliphatic carbocycles. The quantitative estimate of drug-likeness (QED) is 0.894. The van der Waals surface area contributed by atoms with Crippen LogP contribution in [0.2, 0.25) is 0 Å². The molecule has 1 amide bonds. The molecule has 0 unspecified atom stereocenters. The van der Waals surface area contributed by atoms with Crippen molar-refractivity contribution in [1.29, 1.82) is 0 Å². The van der Waals surface area contributed by atoms with Crippen molar-refractivity contribution in [1.82, 2.24) is 9.88 Å². The number of likely N-dealkylation sites (tertiary alicyclic amines) is 1. The van der Waals surface area contributed by atoms with Crippen LogP contribution in [-0.4, -0.2) is 40.0 Å². The Labute approximate surface area is 147 Å². The van der Waals surface area contributed by atoms with Gasteiger partial charge in [-0.25, -0.2) is 0 Å². The molecule has 132 valence electrons. The predicted molar refractivity (Wildman–Crippen MR) is 95.4 cm³/mol. The molecule has 2 N–H and O–H groups in total. The van der Waals surface area contributed by atoms with E-state index in [1.165, 1.54) is 10.9 Å². The monoisotopic (exact) mass is 340 g/mol. The van der Waals surface area contributed by atoms with Gasteiger partial charge in [-0.3, -0.25) is 9.59 Å². The molecule has 4 rings (SSSR count). The number of aromatic nitrogens is 1. The van der Waals surface area contributed by atoms with Crippen molar-refractivity contribution in [2.24, 2.45) is 5.41 Å². The lowest BCUT2D eigenvalue weighted by atomic mass is 9.66. The van der Waals surface area contributed by atoms with Gasteiger partial charge >= 0.3 is 5.97 Å². The number of piperidine rings is 1. The summed E-state index contributed by atoms with van der Waals surface area (Å²) in [7, 11) is 0. The lowest BCUT2D eigenvalue weighted by molar-refractivity contribution is -0.159. The van der Waals surface area contributed by atoms with Crippen molar-refractivity contribution in [2.75, 3.05) is 13.1 Å². The maximum atomic E-state index is 12.6. The number of aliphatic carboxylic acids is 1. The second kappa shape index (κ2) is 6.21. The molecule has 1 saturated carbocycles. The fourth-order valence-corrected chi connectivity index (χ4v) is 4.34. The number of carboxylic acids is 1. The number of H-pyrrole nitrogens is 1. The third-order valence-corrected chi connectivity index (χ3v) is 6.16. The van der Waals surface area contributed by atoms with E-state index in [9.17, 15) is 14.7 Å². The Hall–Kier alpha value is -2.30. The van der Waals surface area contributed by atoms with Crippen LogP contribution in [0.5, 0.6) is 0 Å². The molecule has 1 saturated heterocycles. The fraction of sp³-hybridized carbons (Fsp3) is 0.500. The van der Waals surface area contributed by atoms with E-state index in [0.29, 0.717) is 18.8 Å². The van der Waals surface area contributed by atoms with Crippen LogP contribution < -0.4 is 0 Å². The van der Waals surface area contributed by atoms with Crippen LogP contribution in [0.4, 0.5) is 0 Å². The molecular weight excluding hydrogens is 316 g/mol. The Bertz CT molecular complexity index is 798. The molecule has 1 aromatic heterocycles. The van der Waals surface area contributed by atoms with Gasteiger partial charge in [-0.1, -0.05) is 24.6 Å². The van der Waals surface area contributed by atoms with E-state index in [0.717, 1.165) is 37.9 Å². The number of rotatable bonds is 4. The highest BCUT2D eigenvalue weighted by molar-refractivity contribution is 5.86. The maximum Gasteiger partial charge on any atom is 0.310 e. The average Bonchev–Trinajstić information content (AvgIpc) is 3.02. The molecule has 0 atom stereocenters. The number of fused-ring (bicyclic) bond motifs is 1. The lowest BCUT2D eigenvalue weighted by Gasteiger charge is -2.39. The summed E-state index contributed by atoms with van der Waals surface area (Å²) < 4.78 is 0. The average molecular weight is 340 g/mol. The SMILES string of the molecule is O=C(CC1(C(=O)O)CCC1)N1CCC(c2c[nH]c3ccccc23)CC1. The molecular formula is C20H24N2O3. The summed E-state index contributed by atoms with van der Waals surface area (Å²) >= 11 is 0. The third-order valence-electron chi connectivity index (χ3n) is 6.16. The van der Waals surface area contributed by atoms with Crippen LogP contribution in [0.15, 0.2) is 30.5 Å². The largest absolute Gasteiger partial charge is 0.481 e. The van der Waals surface area contributed by atoms with Gasteiger partial charge < -0.3 is 15.0 Å². The fourth-order valence-electron chi connectivity index (χ4n) is 4.34. The number of nitrogens with zero attached hydrogens (tertiary/aromatic N) is 1. The van der Waals surface area contributed by atoms with Crippen LogP contribution >= 0.6 is 0 Å². The van der Waals surface area contributed by atoms with Gasteiger partial charge in [0.05, 0.1) is 5.41 Å². The van der Waals surface area contributed by atoms with Gasteiger partial charge in [0, 0.05) is 36.6 Å². The highest BCUT2D eigenvalue weighted by Crippen LogP contribution is 2.45. The molecule has 25 heavy (non-hydrogen) atoms. The first-order valence-electron chi connectivity index (χ1n) is 9.16. The van der Waals surface area contributed by atoms with Crippen molar-refractivity contribution in [3.8, 4) is 0 Å². The number of carboxylic acid groups (broad SMARTS) is 1. The van der Waals surface area contributed by atoms with Crippen LogP contribution in [0.1, 0.15) is 50.0 Å². The molecule has 5 heteroatoms. The molecule has 2 aromatic rings. The van der Waals surface area contributed by atoms with Crippen molar-refractivity contribution in [2.45, 2.75) is 44.4 Å². The van der Waals surface area contributed by atoms with E-state index in [-0.39, 0.29) is 12.3 Å². The number of amides is 1. The van der Waals surface area contributed by atoms with E-state index >= 15 is 0 Å². The van der Waals surface area contributed by atoms with Crippen molar-refractivity contribution >= 4 is 22.8 Å². The van der Waals surface area contributed by atoms with Gasteiger partial charge in [-0.15, -0.1) is 0 Å². The molecule has 2 aliphatic rings. The molecule has 2 heterocycles. The number of nitrogens with one attached hydrogen (secondary N) is 1. The number of carbonyl (C=O) groups excluding carboxylic acids is 1. The van der Waals surface area contributed by atoms with Crippen LogP contribution in [0.3, 0.4) is 0 Å². The molecule has 2 fully saturated rings. The molecule has 5 nitrogen and oxygen atoms in total. The zero-order valence-electron chi connectivity index (χ0n) is 14.3. The number of para-hydroxylation sites is 1. The minimum atomic E-state index is -0.805. The summed E-state index contributed by atoms with van der Waals surface area (Å²) in [5.41, 5.74) is 1.71. The Balaban J connectivity index is 1.40. The first-order valence-corrected chi connectivity index (χ1v) is 9.16. The first kappa shape index (κ1) is 16.2.